The lowest BCUT2D eigenvalue weighted by Gasteiger charge is -2.20. The molecule has 134 valence electrons. The van der Waals surface area contributed by atoms with E-state index in [4.69, 9.17) is 26.9 Å². The molecule has 0 atom stereocenters. The van der Waals surface area contributed by atoms with E-state index in [9.17, 15) is 4.39 Å². The van der Waals surface area contributed by atoms with Crippen LogP contribution in [0.5, 0.6) is 5.75 Å². The van der Waals surface area contributed by atoms with Crippen LogP contribution in [0.1, 0.15) is 11.1 Å². The molecule has 0 radical (unpaired) electrons. The number of nitrogens with two attached hydrogens (primary N) is 1. The highest BCUT2D eigenvalue weighted by Gasteiger charge is 2.19. The topological polar surface area (TPSA) is 75.2 Å². The van der Waals surface area contributed by atoms with Gasteiger partial charge in [0.05, 0.1) is 12.2 Å². The van der Waals surface area contributed by atoms with Crippen molar-refractivity contribution in [3.63, 3.8) is 0 Å². The molecule has 0 saturated carbocycles. The third kappa shape index (κ3) is 3.23. The predicted octanol–water partition coefficient (Wildman–Crippen LogP) is 3.61. The third-order valence-electron chi connectivity index (χ3n) is 3.89. The van der Waals surface area contributed by atoms with Crippen LogP contribution < -0.4 is 10.6 Å². The molecule has 26 heavy (non-hydrogen) atoms. The molecule has 1 aliphatic rings. The Kier molecular flexibility index (Phi) is 4.71. The molecule has 1 aliphatic heterocycles. The van der Waals surface area contributed by atoms with Crippen LogP contribution in [-0.2, 0) is 17.1 Å². The molecular weight excluding hydrogens is 379 g/mol. The van der Waals surface area contributed by atoms with Crippen LogP contribution in [-0.4, -0.2) is 21.7 Å². The summed E-state index contributed by atoms with van der Waals surface area (Å²) in [5.74, 6) is 7.22. The van der Waals surface area contributed by atoms with Crippen molar-refractivity contribution >= 4 is 23.4 Å². The van der Waals surface area contributed by atoms with Gasteiger partial charge in [-0.1, -0.05) is 35.5 Å². The van der Waals surface area contributed by atoms with Crippen molar-refractivity contribution in [1.82, 2.24) is 14.9 Å². The number of hydrogen-bond acceptors (Lipinski definition) is 6. The van der Waals surface area contributed by atoms with Crippen molar-refractivity contribution in [3.05, 3.63) is 58.4 Å². The van der Waals surface area contributed by atoms with Gasteiger partial charge in [0.2, 0.25) is 5.16 Å². The van der Waals surface area contributed by atoms with E-state index in [-0.39, 0.29) is 12.6 Å². The SMILES string of the molecule is Nn1c(SCc2cc(Cl)cc3c2OCOC3)nnc1-c1ccccc1F. The zero-order valence-corrected chi connectivity index (χ0v) is 15.1. The summed E-state index contributed by atoms with van der Waals surface area (Å²) in [6.45, 7) is 0.662. The highest BCUT2D eigenvalue weighted by atomic mass is 35.5. The van der Waals surface area contributed by atoms with Gasteiger partial charge in [0.1, 0.15) is 11.6 Å². The highest BCUT2D eigenvalue weighted by Crippen LogP contribution is 2.35. The molecular formula is C17H14ClFN4O2S. The maximum absolute atomic E-state index is 14.0. The second-order valence-corrected chi connectivity index (χ2v) is 6.99. The average molecular weight is 393 g/mol. The number of nitrogens with zero attached hydrogens (tertiary/aromatic N) is 3. The molecule has 0 amide bonds. The van der Waals surface area contributed by atoms with Crippen LogP contribution in [0, 0.1) is 5.82 Å². The van der Waals surface area contributed by atoms with Crippen LogP contribution in [0.15, 0.2) is 41.6 Å². The molecule has 4 rings (SSSR count). The van der Waals surface area contributed by atoms with Gasteiger partial charge in [-0.25, -0.2) is 9.07 Å². The molecule has 0 spiro atoms. The van der Waals surface area contributed by atoms with Gasteiger partial charge in [0.15, 0.2) is 12.6 Å². The van der Waals surface area contributed by atoms with Gasteiger partial charge in [-0.2, -0.15) is 0 Å². The van der Waals surface area contributed by atoms with Crippen molar-refractivity contribution in [2.75, 3.05) is 12.6 Å². The van der Waals surface area contributed by atoms with Crippen molar-refractivity contribution < 1.29 is 13.9 Å². The van der Waals surface area contributed by atoms with E-state index in [1.165, 1.54) is 22.5 Å². The maximum Gasteiger partial charge on any atom is 0.210 e. The number of fused-ring (bicyclic) bond motifs is 1. The van der Waals surface area contributed by atoms with Crippen LogP contribution in [0.3, 0.4) is 0 Å². The van der Waals surface area contributed by atoms with Gasteiger partial charge < -0.3 is 15.3 Å². The highest BCUT2D eigenvalue weighted by molar-refractivity contribution is 7.98. The summed E-state index contributed by atoms with van der Waals surface area (Å²) in [5, 5.41) is 9.15. The molecule has 6 nitrogen and oxygen atoms in total. The molecule has 2 N–H and O–H groups in total. The van der Waals surface area contributed by atoms with Gasteiger partial charge in [-0.15, -0.1) is 10.2 Å². The van der Waals surface area contributed by atoms with Gasteiger partial charge in [-0.3, -0.25) is 0 Å². The average Bonchev–Trinajstić information content (AvgIpc) is 3.00. The van der Waals surface area contributed by atoms with E-state index in [2.05, 4.69) is 10.2 Å². The number of ether oxygens (including phenoxy) is 2. The molecule has 3 aromatic rings. The molecule has 0 aliphatic carbocycles. The van der Waals surface area contributed by atoms with Crippen molar-refractivity contribution in [3.8, 4) is 17.1 Å². The first kappa shape index (κ1) is 17.1. The van der Waals surface area contributed by atoms with E-state index >= 15 is 0 Å². The summed E-state index contributed by atoms with van der Waals surface area (Å²) in [6.07, 6.45) is 0. The Morgan fingerprint density at radius 1 is 1.27 bits per heavy atom. The van der Waals surface area contributed by atoms with Crippen molar-refractivity contribution in [2.45, 2.75) is 17.5 Å². The zero-order chi connectivity index (χ0) is 18.1. The Balaban J connectivity index is 1.59. The van der Waals surface area contributed by atoms with Crippen LogP contribution in [0.2, 0.25) is 5.02 Å². The first-order valence-electron chi connectivity index (χ1n) is 7.73. The molecule has 0 fully saturated rings. The van der Waals surface area contributed by atoms with Gasteiger partial charge in [0, 0.05) is 21.9 Å². The molecule has 9 heteroatoms. The number of benzene rings is 2. The number of nitrogen functional groups attached to an aromatic ring is 1. The lowest BCUT2D eigenvalue weighted by molar-refractivity contribution is -0.0168. The van der Waals surface area contributed by atoms with Gasteiger partial charge in [-0.05, 0) is 24.3 Å². The Bertz CT molecular complexity index is 966. The number of thioether (sulfide) groups is 1. The Hall–Kier alpha value is -2.29. The van der Waals surface area contributed by atoms with E-state index in [0.717, 1.165) is 16.9 Å². The summed E-state index contributed by atoms with van der Waals surface area (Å²) >= 11 is 7.54. The normalized spacial score (nSPS) is 13.3. The van der Waals surface area contributed by atoms with Crippen molar-refractivity contribution in [2.24, 2.45) is 0 Å². The number of halogens is 2. The van der Waals surface area contributed by atoms with Gasteiger partial charge >= 0.3 is 0 Å². The van der Waals surface area contributed by atoms with Crippen LogP contribution >= 0.6 is 23.4 Å². The molecule has 2 aromatic carbocycles. The summed E-state index contributed by atoms with van der Waals surface area (Å²) in [6, 6.07) is 9.96. The second kappa shape index (κ2) is 7.14. The lowest BCUT2D eigenvalue weighted by Crippen LogP contribution is -2.13. The maximum atomic E-state index is 14.0. The number of rotatable bonds is 4. The predicted molar refractivity (Wildman–Crippen MR) is 96.9 cm³/mol. The summed E-state index contributed by atoms with van der Waals surface area (Å²) in [7, 11) is 0. The van der Waals surface area contributed by atoms with E-state index in [0.29, 0.717) is 28.1 Å². The summed E-state index contributed by atoms with van der Waals surface area (Å²) in [5.41, 5.74) is 2.12. The zero-order valence-electron chi connectivity index (χ0n) is 13.5. The van der Waals surface area contributed by atoms with Crippen molar-refractivity contribution in [1.29, 1.82) is 0 Å². The molecule has 0 saturated heterocycles. The van der Waals surface area contributed by atoms with E-state index in [1.54, 1.807) is 18.2 Å². The fraction of sp³-hybridized carbons (Fsp3) is 0.176. The Morgan fingerprint density at radius 3 is 2.96 bits per heavy atom. The summed E-state index contributed by atoms with van der Waals surface area (Å²) in [4.78, 5) is 0. The Morgan fingerprint density at radius 2 is 2.12 bits per heavy atom. The number of hydrogen-bond donors (Lipinski definition) is 1. The van der Waals surface area contributed by atoms with Gasteiger partial charge in [0.25, 0.3) is 0 Å². The molecule has 0 unspecified atom stereocenters. The molecule has 0 bridgehead atoms. The fourth-order valence-corrected chi connectivity index (χ4v) is 3.79. The van der Waals surface area contributed by atoms with Crippen LogP contribution in [0.25, 0.3) is 11.4 Å². The third-order valence-corrected chi connectivity index (χ3v) is 5.10. The monoisotopic (exact) mass is 392 g/mol. The lowest BCUT2D eigenvalue weighted by atomic mass is 10.1. The first-order chi connectivity index (χ1) is 12.6. The smallest absolute Gasteiger partial charge is 0.210 e. The van der Waals surface area contributed by atoms with E-state index < -0.39 is 5.82 Å². The minimum absolute atomic E-state index is 0.205. The minimum atomic E-state index is -0.402. The van der Waals surface area contributed by atoms with Crippen LogP contribution in [0.4, 0.5) is 4.39 Å². The first-order valence-corrected chi connectivity index (χ1v) is 9.10. The summed E-state index contributed by atoms with van der Waals surface area (Å²) < 4.78 is 26.1. The standard InChI is InChI=1S/C17H14ClFN4O2S/c18-12-5-10-7-24-9-25-15(10)11(6-12)8-26-17-22-21-16(23(17)20)13-3-1-2-4-14(13)19/h1-6H,7-9,20H2. The molecule has 1 aromatic heterocycles. The quantitative estimate of drug-likeness (QED) is 0.540. The Labute approximate surface area is 158 Å². The fourth-order valence-electron chi connectivity index (χ4n) is 2.71. The molecule has 2 heterocycles. The number of aromatic nitrogens is 3. The largest absolute Gasteiger partial charge is 0.467 e. The minimum Gasteiger partial charge on any atom is -0.467 e. The van der Waals surface area contributed by atoms with E-state index in [1.807, 2.05) is 12.1 Å². The second-order valence-electron chi connectivity index (χ2n) is 5.61.